The predicted octanol–water partition coefficient (Wildman–Crippen LogP) is 3.90. The van der Waals surface area contributed by atoms with Crippen LogP contribution < -0.4 is 14.8 Å². The number of methoxy groups -OCH3 is 2. The van der Waals surface area contributed by atoms with Crippen molar-refractivity contribution in [1.29, 1.82) is 0 Å². The van der Waals surface area contributed by atoms with Crippen LogP contribution in [0.2, 0.25) is 5.02 Å². The summed E-state index contributed by atoms with van der Waals surface area (Å²) < 4.78 is 16.6. The van der Waals surface area contributed by atoms with E-state index in [1.165, 1.54) is 0 Å². The summed E-state index contributed by atoms with van der Waals surface area (Å²) in [5.41, 5.74) is 1.96. The van der Waals surface area contributed by atoms with Gasteiger partial charge < -0.3 is 19.5 Å². The van der Waals surface area contributed by atoms with Crippen LogP contribution in [-0.4, -0.2) is 51.3 Å². The average molecular weight is 447 g/mol. The van der Waals surface area contributed by atoms with Crippen molar-refractivity contribution in [2.75, 3.05) is 40.5 Å². The van der Waals surface area contributed by atoms with Crippen LogP contribution in [0.5, 0.6) is 11.5 Å². The second-order valence-corrected chi connectivity index (χ2v) is 8.23. The van der Waals surface area contributed by atoms with E-state index in [9.17, 15) is 4.79 Å². The first-order chi connectivity index (χ1) is 15.1. The van der Waals surface area contributed by atoms with Crippen molar-refractivity contribution in [2.45, 2.75) is 26.0 Å². The zero-order chi connectivity index (χ0) is 22.1. The van der Waals surface area contributed by atoms with E-state index in [0.29, 0.717) is 37.2 Å². The Kier molecular flexibility index (Phi) is 9.00. The monoisotopic (exact) mass is 446 g/mol. The summed E-state index contributed by atoms with van der Waals surface area (Å²) in [6, 6.07) is 13.3. The number of piperidine rings is 1. The van der Waals surface area contributed by atoms with Gasteiger partial charge in [0.05, 0.1) is 27.4 Å². The molecule has 0 saturated carbocycles. The normalized spacial score (nSPS) is 14.9. The van der Waals surface area contributed by atoms with E-state index in [2.05, 4.69) is 10.2 Å². The van der Waals surface area contributed by atoms with E-state index in [1.807, 2.05) is 42.5 Å². The molecule has 0 unspecified atom stereocenters. The van der Waals surface area contributed by atoms with Crippen molar-refractivity contribution in [3.8, 4) is 11.5 Å². The fourth-order valence-electron chi connectivity index (χ4n) is 3.70. The number of halogens is 1. The number of likely N-dealkylation sites (tertiary alicyclic amines) is 1. The number of carbonyl (C=O) groups is 1. The minimum atomic E-state index is 0.0293. The Labute approximate surface area is 189 Å². The number of hydrogen-bond acceptors (Lipinski definition) is 5. The molecule has 2 aromatic rings. The zero-order valence-corrected chi connectivity index (χ0v) is 19.0. The van der Waals surface area contributed by atoms with Crippen molar-refractivity contribution in [3.63, 3.8) is 0 Å². The van der Waals surface area contributed by atoms with Gasteiger partial charge in [-0.1, -0.05) is 29.8 Å². The Morgan fingerprint density at radius 1 is 1.10 bits per heavy atom. The SMILES string of the molecule is COc1cc(COCC2CCN(CC(=O)NCc3ccccc3Cl)CC2)cc(OC)c1. The average Bonchev–Trinajstić information content (AvgIpc) is 2.79. The first-order valence-electron chi connectivity index (χ1n) is 10.6. The predicted molar refractivity (Wildman–Crippen MR) is 122 cm³/mol. The van der Waals surface area contributed by atoms with Crippen LogP contribution in [0.25, 0.3) is 0 Å². The van der Waals surface area contributed by atoms with Crippen LogP contribution >= 0.6 is 11.6 Å². The molecule has 1 fully saturated rings. The lowest BCUT2D eigenvalue weighted by Crippen LogP contribution is -2.42. The molecule has 1 N–H and O–H groups in total. The standard InChI is InChI=1S/C24H31ClN2O4/c1-29-21-11-19(12-22(13-21)30-2)17-31-16-18-7-9-27(10-8-18)15-24(28)26-14-20-5-3-4-6-23(20)25/h3-6,11-13,18H,7-10,14-17H2,1-2H3,(H,26,28). The number of carbonyl (C=O) groups excluding carboxylic acids is 1. The van der Waals surface area contributed by atoms with E-state index in [0.717, 1.165) is 48.6 Å². The van der Waals surface area contributed by atoms with Crippen molar-refractivity contribution >= 4 is 17.5 Å². The van der Waals surface area contributed by atoms with Crippen molar-refractivity contribution in [3.05, 3.63) is 58.6 Å². The number of benzene rings is 2. The smallest absolute Gasteiger partial charge is 0.234 e. The van der Waals surface area contributed by atoms with E-state index in [4.69, 9.17) is 25.8 Å². The minimum Gasteiger partial charge on any atom is -0.497 e. The van der Waals surface area contributed by atoms with Crippen LogP contribution in [0.1, 0.15) is 24.0 Å². The molecule has 1 amide bonds. The summed E-state index contributed by atoms with van der Waals surface area (Å²) in [4.78, 5) is 14.5. The topological polar surface area (TPSA) is 60.0 Å². The molecule has 0 aromatic heterocycles. The molecule has 168 valence electrons. The van der Waals surface area contributed by atoms with Crippen molar-refractivity contribution in [1.82, 2.24) is 10.2 Å². The van der Waals surface area contributed by atoms with Crippen LogP contribution in [0.15, 0.2) is 42.5 Å². The first kappa shape index (κ1) is 23.4. The molecule has 0 radical (unpaired) electrons. The third-order valence-corrected chi connectivity index (χ3v) is 5.91. The molecule has 7 heteroatoms. The van der Waals surface area contributed by atoms with Gasteiger partial charge in [0.25, 0.3) is 0 Å². The summed E-state index contributed by atoms with van der Waals surface area (Å²) in [6.45, 7) is 3.92. The van der Waals surface area contributed by atoms with E-state index >= 15 is 0 Å². The quantitative estimate of drug-likeness (QED) is 0.599. The van der Waals surface area contributed by atoms with Gasteiger partial charge in [-0.2, -0.15) is 0 Å². The maximum Gasteiger partial charge on any atom is 0.234 e. The van der Waals surface area contributed by atoms with Crippen LogP contribution in [0.4, 0.5) is 0 Å². The van der Waals surface area contributed by atoms with Gasteiger partial charge in [0.2, 0.25) is 5.91 Å². The third kappa shape index (κ3) is 7.42. The molecular formula is C24H31ClN2O4. The molecule has 3 rings (SSSR count). The number of nitrogens with zero attached hydrogens (tertiary/aromatic N) is 1. The second-order valence-electron chi connectivity index (χ2n) is 7.82. The fourth-order valence-corrected chi connectivity index (χ4v) is 3.90. The van der Waals surface area contributed by atoms with Gasteiger partial charge in [-0.3, -0.25) is 9.69 Å². The number of rotatable bonds is 10. The number of nitrogens with one attached hydrogen (secondary N) is 1. The largest absolute Gasteiger partial charge is 0.497 e. The summed E-state index contributed by atoms with van der Waals surface area (Å²) in [7, 11) is 3.29. The number of amides is 1. The maximum absolute atomic E-state index is 12.3. The van der Waals surface area contributed by atoms with Crippen LogP contribution in [0, 0.1) is 5.92 Å². The Morgan fingerprint density at radius 3 is 2.42 bits per heavy atom. The number of hydrogen-bond donors (Lipinski definition) is 1. The Hall–Kier alpha value is -2.28. The summed E-state index contributed by atoms with van der Waals surface area (Å²) >= 11 is 6.14. The minimum absolute atomic E-state index is 0.0293. The lowest BCUT2D eigenvalue weighted by molar-refractivity contribution is -0.122. The molecule has 6 nitrogen and oxygen atoms in total. The van der Waals surface area contributed by atoms with Crippen LogP contribution in [0.3, 0.4) is 0 Å². The number of ether oxygens (including phenoxy) is 3. The van der Waals surface area contributed by atoms with Crippen LogP contribution in [-0.2, 0) is 22.7 Å². The maximum atomic E-state index is 12.3. The first-order valence-corrected chi connectivity index (χ1v) is 11.0. The molecule has 1 aliphatic rings. The highest BCUT2D eigenvalue weighted by Gasteiger charge is 2.21. The molecule has 0 bridgehead atoms. The highest BCUT2D eigenvalue weighted by atomic mass is 35.5. The highest BCUT2D eigenvalue weighted by Crippen LogP contribution is 2.24. The molecule has 0 atom stereocenters. The Morgan fingerprint density at radius 2 is 1.77 bits per heavy atom. The zero-order valence-electron chi connectivity index (χ0n) is 18.2. The second kappa shape index (κ2) is 11.9. The molecule has 1 heterocycles. The lowest BCUT2D eigenvalue weighted by atomic mass is 9.98. The van der Waals surface area contributed by atoms with Gasteiger partial charge in [0.15, 0.2) is 0 Å². The lowest BCUT2D eigenvalue weighted by Gasteiger charge is -2.31. The van der Waals surface area contributed by atoms with Gasteiger partial charge in [-0.25, -0.2) is 0 Å². The fraction of sp³-hybridized carbons (Fsp3) is 0.458. The van der Waals surface area contributed by atoms with Gasteiger partial charge in [-0.05, 0) is 61.2 Å². The van der Waals surface area contributed by atoms with Gasteiger partial charge in [0.1, 0.15) is 11.5 Å². The summed E-state index contributed by atoms with van der Waals surface area (Å²) in [6.07, 6.45) is 2.05. The molecular weight excluding hydrogens is 416 g/mol. The van der Waals surface area contributed by atoms with E-state index in [-0.39, 0.29) is 5.91 Å². The van der Waals surface area contributed by atoms with Gasteiger partial charge in [-0.15, -0.1) is 0 Å². The summed E-state index contributed by atoms with van der Waals surface area (Å²) in [5, 5.41) is 3.64. The molecule has 1 saturated heterocycles. The van der Waals surface area contributed by atoms with Gasteiger partial charge in [0, 0.05) is 24.2 Å². The Bertz CT molecular complexity index is 831. The van der Waals surface area contributed by atoms with Crippen molar-refractivity contribution < 1.29 is 19.0 Å². The molecule has 1 aliphatic heterocycles. The summed E-state index contributed by atoms with van der Waals surface area (Å²) in [5.74, 6) is 2.06. The molecule has 0 spiro atoms. The molecule has 31 heavy (non-hydrogen) atoms. The van der Waals surface area contributed by atoms with Crippen molar-refractivity contribution in [2.24, 2.45) is 5.92 Å². The highest BCUT2D eigenvalue weighted by molar-refractivity contribution is 6.31. The Balaban J connectivity index is 1.34. The molecule has 2 aromatic carbocycles. The third-order valence-electron chi connectivity index (χ3n) is 5.54. The van der Waals surface area contributed by atoms with E-state index in [1.54, 1.807) is 14.2 Å². The van der Waals surface area contributed by atoms with Gasteiger partial charge >= 0.3 is 0 Å². The molecule has 0 aliphatic carbocycles. The van der Waals surface area contributed by atoms with E-state index < -0.39 is 0 Å².